The number of nitrogens with two attached hydrogens (primary N) is 2. The van der Waals surface area contributed by atoms with E-state index in [1.165, 1.54) is 0 Å². The maximum Gasteiger partial charge on any atom is 0.306 e. The zero-order chi connectivity index (χ0) is 10.9. The standard InChI is InChI=1S/C5H11NO2.C2H4BrNO/c1-4(2-3-6)5(7)8;3-1-2(4)5/h4H,2-3,6H2,1H3,(H,7,8);1H2,(H2,4,5). The fraction of sp³-hybridized carbons (Fsp3) is 0.714. The van der Waals surface area contributed by atoms with Crippen molar-refractivity contribution in [3.05, 3.63) is 0 Å². The number of aliphatic carboxylic acids is 1. The molecule has 0 aliphatic heterocycles. The van der Waals surface area contributed by atoms with E-state index in [1.807, 2.05) is 0 Å². The number of alkyl halides is 1. The first kappa shape index (κ1) is 14.9. The molecule has 78 valence electrons. The molecule has 5 nitrogen and oxygen atoms in total. The Balaban J connectivity index is 0. The summed E-state index contributed by atoms with van der Waals surface area (Å²) in [4.78, 5) is 19.6. The Morgan fingerprint density at radius 3 is 2.00 bits per heavy atom. The van der Waals surface area contributed by atoms with Gasteiger partial charge in [0, 0.05) is 0 Å². The number of carboxylic acid groups (broad SMARTS) is 1. The van der Waals surface area contributed by atoms with Crippen molar-refractivity contribution in [1.29, 1.82) is 0 Å². The number of carboxylic acids is 1. The average Bonchev–Trinajstić information content (AvgIpc) is 2.06. The number of primary amides is 1. The third-order valence-corrected chi connectivity index (χ3v) is 1.71. The Kier molecular flexibility index (Phi) is 10.8. The molecule has 0 fully saturated rings. The maximum absolute atomic E-state index is 10.0. The monoisotopic (exact) mass is 254 g/mol. The van der Waals surface area contributed by atoms with Crippen molar-refractivity contribution in [2.24, 2.45) is 17.4 Å². The molecule has 1 atom stereocenters. The lowest BCUT2D eigenvalue weighted by atomic mass is 10.1. The topological polar surface area (TPSA) is 106 Å². The molecule has 0 aliphatic rings. The lowest BCUT2D eigenvalue weighted by Crippen LogP contribution is -2.14. The number of carbonyl (C=O) groups excluding carboxylic acids is 1. The van der Waals surface area contributed by atoms with Crippen LogP contribution in [-0.2, 0) is 9.59 Å². The minimum atomic E-state index is -0.768. The zero-order valence-corrected chi connectivity index (χ0v) is 9.08. The van der Waals surface area contributed by atoms with Crippen LogP contribution in [0.15, 0.2) is 0 Å². The van der Waals surface area contributed by atoms with Gasteiger partial charge in [-0.15, -0.1) is 0 Å². The van der Waals surface area contributed by atoms with Crippen molar-refractivity contribution < 1.29 is 14.7 Å². The van der Waals surface area contributed by atoms with Gasteiger partial charge < -0.3 is 16.6 Å². The van der Waals surface area contributed by atoms with Gasteiger partial charge in [-0.25, -0.2) is 0 Å². The first-order valence-corrected chi connectivity index (χ1v) is 4.85. The molecule has 0 spiro atoms. The number of carbonyl (C=O) groups is 2. The summed E-state index contributed by atoms with van der Waals surface area (Å²) < 4.78 is 0. The first-order chi connectivity index (χ1) is 5.95. The Morgan fingerprint density at radius 2 is 1.92 bits per heavy atom. The van der Waals surface area contributed by atoms with E-state index in [4.69, 9.17) is 10.8 Å². The van der Waals surface area contributed by atoms with Gasteiger partial charge in [0.2, 0.25) is 5.91 Å². The van der Waals surface area contributed by atoms with Crippen LogP contribution in [0.3, 0.4) is 0 Å². The van der Waals surface area contributed by atoms with E-state index in [-0.39, 0.29) is 17.2 Å². The second-order valence-electron chi connectivity index (χ2n) is 2.42. The number of hydrogen-bond acceptors (Lipinski definition) is 3. The van der Waals surface area contributed by atoms with Crippen molar-refractivity contribution in [3.8, 4) is 0 Å². The van der Waals surface area contributed by atoms with Gasteiger partial charge in [-0.3, -0.25) is 9.59 Å². The van der Waals surface area contributed by atoms with E-state index in [9.17, 15) is 9.59 Å². The number of amides is 1. The molecule has 0 aliphatic carbocycles. The van der Waals surface area contributed by atoms with Crippen molar-refractivity contribution in [1.82, 2.24) is 0 Å². The third kappa shape index (κ3) is 14.3. The summed E-state index contributed by atoms with van der Waals surface area (Å²) in [6.07, 6.45) is 0.565. The maximum atomic E-state index is 10.0. The highest BCUT2D eigenvalue weighted by molar-refractivity contribution is 9.09. The molecule has 6 heteroatoms. The highest BCUT2D eigenvalue weighted by Crippen LogP contribution is 1.97. The molecule has 0 saturated carbocycles. The Bertz CT molecular complexity index is 164. The zero-order valence-electron chi connectivity index (χ0n) is 7.50. The van der Waals surface area contributed by atoms with Gasteiger partial charge in [0.15, 0.2) is 0 Å². The summed E-state index contributed by atoms with van der Waals surface area (Å²) in [6, 6.07) is 0. The van der Waals surface area contributed by atoms with Crippen LogP contribution in [0.1, 0.15) is 13.3 Å². The van der Waals surface area contributed by atoms with Crippen LogP contribution < -0.4 is 11.5 Å². The summed E-state index contributed by atoms with van der Waals surface area (Å²) >= 11 is 2.84. The summed E-state index contributed by atoms with van der Waals surface area (Å²) in [5.41, 5.74) is 9.71. The lowest BCUT2D eigenvalue weighted by Gasteiger charge is -2.00. The van der Waals surface area contributed by atoms with E-state index in [0.29, 0.717) is 13.0 Å². The van der Waals surface area contributed by atoms with Crippen molar-refractivity contribution in [2.45, 2.75) is 13.3 Å². The van der Waals surface area contributed by atoms with E-state index in [0.717, 1.165) is 0 Å². The van der Waals surface area contributed by atoms with Gasteiger partial charge in [-0.1, -0.05) is 22.9 Å². The van der Waals surface area contributed by atoms with Gasteiger partial charge in [0.05, 0.1) is 11.2 Å². The fourth-order valence-corrected chi connectivity index (χ4v) is 0.373. The molecule has 0 heterocycles. The van der Waals surface area contributed by atoms with Crippen LogP contribution >= 0.6 is 15.9 Å². The van der Waals surface area contributed by atoms with E-state index >= 15 is 0 Å². The van der Waals surface area contributed by atoms with Crippen LogP contribution in [0.2, 0.25) is 0 Å². The second kappa shape index (κ2) is 9.47. The molecule has 0 aromatic rings. The second-order valence-corrected chi connectivity index (χ2v) is 2.98. The molecular formula is C7H15BrN2O3. The lowest BCUT2D eigenvalue weighted by molar-refractivity contribution is -0.141. The van der Waals surface area contributed by atoms with Crippen LogP contribution in [0, 0.1) is 5.92 Å². The molecule has 0 aromatic heterocycles. The molecule has 1 unspecified atom stereocenters. The minimum Gasteiger partial charge on any atom is -0.481 e. The summed E-state index contributed by atoms with van der Waals surface area (Å²) in [5, 5.41) is 8.51. The predicted molar refractivity (Wildman–Crippen MR) is 53.5 cm³/mol. The Hall–Kier alpha value is -0.620. The fourth-order valence-electron chi connectivity index (χ4n) is 0.373. The van der Waals surface area contributed by atoms with Gasteiger partial charge in [0.1, 0.15) is 0 Å². The highest BCUT2D eigenvalue weighted by atomic mass is 79.9. The summed E-state index contributed by atoms with van der Waals surface area (Å²) in [6.45, 7) is 2.10. The Labute approximate surface area is 85.6 Å². The molecule has 5 N–H and O–H groups in total. The number of rotatable bonds is 4. The van der Waals surface area contributed by atoms with Crippen molar-refractivity contribution >= 4 is 27.8 Å². The largest absolute Gasteiger partial charge is 0.481 e. The van der Waals surface area contributed by atoms with Crippen LogP contribution in [0.5, 0.6) is 0 Å². The molecule has 0 aromatic carbocycles. The summed E-state index contributed by atoms with van der Waals surface area (Å²) in [7, 11) is 0. The SMILES string of the molecule is CC(CCN)C(=O)O.NC(=O)CBr. The molecule has 0 rings (SSSR count). The number of halogens is 1. The van der Waals surface area contributed by atoms with Gasteiger partial charge >= 0.3 is 5.97 Å². The number of hydrogen-bond donors (Lipinski definition) is 3. The molecular weight excluding hydrogens is 240 g/mol. The van der Waals surface area contributed by atoms with Crippen LogP contribution in [0.25, 0.3) is 0 Å². The van der Waals surface area contributed by atoms with Crippen LogP contribution in [0.4, 0.5) is 0 Å². The highest BCUT2D eigenvalue weighted by Gasteiger charge is 2.07. The van der Waals surface area contributed by atoms with Gasteiger partial charge in [0.25, 0.3) is 0 Å². The van der Waals surface area contributed by atoms with Gasteiger partial charge in [-0.2, -0.15) is 0 Å². The van der Waals surface area contributed by atoms with Crippen molar-refractivity contribution in [3.63, 3.8) is 0 Å². The van der Waals surface area contributed by atoms with E-state index in [1.54, 1.807) is 6.92 Å². The smallest absolute Gasteiger partial charge is 0.306 e. The quantitative estimate of drug-likeness (QED) is 0.611. The van der Waals surface area contributed by atoms with E-state index in [2.05, 4.69) is 21.7 Å². The molecule has 13 heavy (non-hydrogen) atoms. The predicted octanol–water partition coefficient (Wildman–Crippen LogP) is -0.0775. The van der Waals surface area contributed by atoms with E-state index < -0.39 is 5.97 Å². The third-order valence-electron chi connectivity index (χ3n) is 1.15. The van der Waals surface area contributed by atoms with Crippen LogP contribution in [-0.4, -0.2) is 28.9 Å². The average molecular weight is 255 g/mol. The minimum absolute atomic E-state index is 0.257. The normalized spacial score (nSPS) is 11.0. The molecule has 1 amide bonds. The Morgan fingerprint density at radius 1 is 1.54 bits per heavy atom. The summed E-state index contributed by atoms with van der Waals surface area (Å²) in [5.74, 6) is -1.39. The first-order valence-electron chi connectivity index (χ1n) is 3.72. The van der Waals surface area contributed by atoms with Crippen molar-refractivity contribution in [2.75, 3.05) is 11.9 Å². The molecule has 0 saturated heterocycles. The molecule has 0 bridgehead atoms. The molecule has 0 radical (unpaired) electrons. The van der Waals surface area contributed by atoms with Gasteiger partial charge in [-0.05, 0) is 13.0 Å².